The Labute approximate surface area is 127 Å². The first kappa shape index (κ1) is 15.5. The maximum absolute atomic E-state index is 11.1. The molecule has 0 bridgehead atoms. The molecule has 0 fully saturated rings. The second kappa shape index (κ2) is 7.19. The lowest BCUT2D eigenvalue weighted by molar-refractivity contribution is -0.116. The summed E-state index contributed by atoms with van der Waals surface area (Å²) in [6.07, 6.45) is 1.44. The van der Waals surface area contributed by atoms with Crippen LogP contribution in [0.1, 0.15) is 24.5 Å². The molecule has 0 aliphatic rings. The number of nitrogens with zero attached hydrogens (tertiary/aromatic N) is 1. The van der Waals surface area contributed by atoms with E-state index >= 15 is 0 Å². The summed E-state index contributed by atoms with van der Waals surface area (Å²) in [5.74, 6) is 0.244. The lowest BCUT2D eigenvalue weighted by atomic mass is 9.99. The van der Waals surface area contributed by atoms with Crippen LogP contribution in [-0.2, 0) is 17.8 Å². The molecule has 2 rings (SSSR count). The van der Waals surface area contributed by atoms with Gasteiger partial charge in [0.05, 0.1) is 0 Å². The number of hydrogen-bond donors (Lipinski definition) is 0. The second-order valence-corrected chi connectivity index (χ2v) is 5.84. The zero-order chi connectivity index (χ0) is 15.2. The van der Waals surface area contributed by atoms with Crippen LogP contribution in [0.25, 0.3) is 11.1 Å². The molecule has 0 amide bonds. The summed E-state index contributed by atoms with van der Waals surface area (Å²) < 4.78 is 0. The number of aryl methyl sites for hydroxylation is 1. The molecule has 2 heteroatoms. The van der Waals surface area contributed by atoms with Crippen molar-refractivity contribution in [2.45, 2.75) is 26.3 Å². The van der Waals surface area contributed by atoms with E-state index in [1.54, 1.807) is 6.92 Å². The first-order chi connectivity index (χ1) is 10.0. The molecule has 21 heavy (non-hydrogen) atoms. The molecule has 0 saturated heterocycles. The first-order valence-corrected chi connectivity index (χ1v) is 7.37. The fraction of sp³-hybridized carbons (Fsp3) is 0.316. The fourth-order valence-electron chi connectivity index (χ4n) is 2.39. The Morgan fingerprint density at radius 1 is 0.952 bits per heavy atom. The van der Waals surface area contributed by atoms with E-state index in [0.717, 1.165) is 13.0 Å². The van der Waals surface area contributed by atoms with Gasteiger partial charge in [0.25, 0.3) is 0 Å². The maximum atomic E-state index is 11.1. The van der Waals surface area contributed by atoms with Crippen LogP contribution in [0.15, 0.2) is 48.5 Å². The van der Waals surface area contributed by atoms with E-state index in [-0.39, 0.29) is 5.78 Å². The van der Waals surface area contributed by atoms with Crippen LogP contribution in [0.4, 0.5) is 0 Å². The number of Topliss-reactive ketones (excluding diaryl/α,β-unsaturated/α-hetero) is 1. The molecule has 2 nitrogen and oxygen atoms in total. The molecular weight excluding hydrogens is 258 g/mol. The number of benzene rings is 2. The lowest BCUT2D eigenvalue weighted by Crippen LogP contribution is -2.10. The van der Waals surface area contributed by atoms with Crippen molar-refractivity contribution in [2.75, 3.05) is 14.1 Å². The highest BCUT2D eigenvalue weighted by Gasteiger charge is 2.02. The molecule has 0 spiro atoms. The lowest BCUT2D eigenvalue weighted by Gasteiger charge is -2.10. The molecule has 0 aromatic heterocycles. The first-order valence-electron chi connectivity index (χ1n) is 7.37. The summed E-state index contributed by atoms with van der Waals surface area (Å²) in [4.78, 5) is 13.3. The van der Waals surface area contributed by atoms with E-state index in [1.165, 1.54) is 22.3 Å². The molecule has 0 aliphatic heterocycles. The smallest absolute Gasteiger partial charge is 0.130 e. The Morgan fingerprint density at radius 3 is 2.29 bits per heavy atom. The van der Waals surface area contributed by atoms with Crippen molar-refractivity contribution in [1.82, 2.24) is 4.90 Å². The van der Waals surface area contributed by atoms with E-state index in [9.17, 15) is 4.79 Å². The van der Waals surface area contributed by atoms with E-state index in [0.29, 0.717) is 6.42 Å². The molecule has 2 aromatic rings. The maximum Gasteiger partial charge on any atom is 0.130 e. The minimum atomic E-state index is 0.244. The van der Waals surface area contributed by atoms with Gasteiger partial charge in [0.1, 0.15) is 5.78 Å². The molecule has 0 unspecified atom stereocenters. The zero-order valence-electron chi connectivity index (χ0n) is 13.1. The van der Waals surface area contributed by atoms with E-state index in [2.05, 4.69) is 67.5 Å². The average molecular weight is 281 g/mol. The molecule has 0 radical (unpaired) electrons. The predicted molar refractivity (Wildman–Crippen MR) is 88.3 cm³/mol. The van der Waals surface area contributed by atoms with Crippen molar-refractivity contribution >= 4 is 5.78 Å². The highest BCUT2D eigenvalue weighted by Crippen LogP contribution is 2.22. The van der Waals surface area contributed by atoms with Gasteiger partial charge in [-0.2, -0.15) is 0 Å². The van der Waals surface area contributed by atoms with E-state index in [1.807, 2.05) is 0 Å². The summed E-state index contributed by atoms with van der Waals surface area (Å²) in [5.41, 5.74) is 4.98. The number of rotatable bonds is 6. The van der Waals surface area contributed by atoms with Crippen LogP contribution in [0, 0.1) is 0 Å². The Bertz CT molecular complexity index is 599. The summed E-state index contributed by atoms with van der Waals surface area (Å²) in [6.45, 7) is 2.60. The topological polar surface area (TPSA) is 20.3 Å². The van der Waals surface area contributed by atoms with Crippen LogP contribution in [0.5, 0.6) is 0 Å². The zero-order valence-corrected chi connectivity index (χ0v) is 13.1. The quantitative estimate of drug-likeness (QED) is 0.799. The Kier molecular flexibility index (Phi) is 5.29. The molecule has 0 saturated carbocycles. The van der Waals surface area contributed by atoms with Crippen molar-refractivity contribution in [3.8, 4) is 11.1 Å². The molecule has 0 atom stereocenters. The fourth-order valence-corrected chi connectivity index (χ4v) is 2.39. The third kappa shape index (κ3) is 4.83. The summed E-state index contributed by atoms with van der Waals surface area (Å²) in [7, 11) is 4.15. The highest BCUT2D eigenvalue weighted by atomic mass is 16.1. The van der Waals surface area contributed by atoms with E-state index < -0.39 is 0 Å². The Balaban J connectivity index is 2.14. The van der Waals surface area contributed by atoms with Gasteiger partial charge >= 0.3 is 0 Å². The Hall–Kier alpha value is -1.93. The van der Waals surface area contributed by atoms with Gasteiger partial charge in [0.2, 0.25) is 0 Å². The van der Waals surface area contributed by atoms with Gasteiger partial charge in [0, 0.05) is 13.0 Å². The number of ketones is 1. The van der Waals surface area contributed by atoms with Crippen LogP contribution in [-0.4, -0.2) is 24.8 Å². The normalized spacial score (nSPS) is 10.9. The average Bonchev–Trinajstić information content (AvgIpc) is 2.45. The molecule has 0 N–H and O–H groups in total. The van der Waals surface area contributed by atoms with Crippen molar-refractivity contribution in [3.05, 3.63) is 59.7 Å². The van der Waals surface area contributed by atoms with Crippen molar-refractivity contribution in [1.29, 1.82) is 0 Å². The Morgan fingerprint density at radius 2 is 1.67 bits per heavy atom. The van der Waals surface area contributed by atoms with Crippen molar-refractivity contribution < 1.29 is 4.79 Å². The van der Waals surface area contributed by atoms with Gasteiger partial charge in [-0.15, -0.1) is 0 Å². The van der Waals surface area contributed by atoms with Gasteiger partial charge in [-0.05, 0) is 49.7 Å². The van der Waals surface area contributed by atoms with Crippen molar-refractivity contribution in [2.24, 2.45) is 0 Å². The number of hydrogen-bond acceptors (Lipinski definition) is 2. The number of carbonyl (C=O) groups excluding carboxylic acids is 1. The standard InChI is InChI=1S/C19H23NO/c1-15(21)7-8-16-5-4-6-19(13-16)18-11-9-17(10-12-18)14-20(2)3/h4-6,9-13H,7-8,14H2,1-3H3. The van der Waals surface area contributed by atoms with Gasteiger partial charge in [0.15, 0.2) is 0 Å². The largest absolute Gasteiger partial charge is 0.305 e. The van der Waals surface area contributed by atoms with Gasteiger partial charge in [-0.25, -0.2) is 0 Å². The minimum absolute atomic E-state index is 0.244. The number of carbonyl (C=O) groups is 1. The predicted octanol–water partition coefficient (Wildman–Crippen LogP) is 3.94. The van der Waals surface area contributed by atoms with Crippen molar-refractivity contribution in [3.63, 3.8) is 0 Å². The van der Waals surface area contributed by atoms with E-state index in [4.69, 9.17) is 0 Å². The molecule has 0 aliphatic carbocycles. The summed E-state index contributed by atoms with van der Waals surface area (Å²) >= 11 is 0. The molecule has 2 aromatic carbocycles. The van der Waals surface area contributed by atoms with Crippen LogP contribution in [0.3, 0.4) is 0 Å². The molecular formula is C19H23NO. The SMILES string of the molecule is CC(=O)CCc1cccc(-c2ccc(CN(C)C)cc2)c1. The monoisotopic (exact) mass is 281 g/mol. The molecule has 0 heterocycles. The van der Waals surface area contributed by atoms with Gasteiger partial charge in [-0.1, -0.05) is 48.5 Å². The third-order valence-electron chi connectivity index (χ3n) is 3.48. The van der Waals surface area contributed by atoms with Crippen LogP contribution >= 0.6 is 0 Å². The minimum Gasteiger partial charge on any atom is -0.305 e. The second-order valence-electron chi connectivity index (χ2n) is 5.84. The summed E-state index contributed by atoms with van der Waals surface area (Å²) in [6, 6.07) is 17.2. The third-order valence-corrected chi connectivity index (χ3v) is 3.48. The summed E-state index contributed by atoms with van der Waals surface area (Å²) in [5, 5.41) is 0. The van der Waals surface area contributed by atoms with Crippen LogP contribution < -0.4 is 0 Å². The van der Waals surface area contributed by atoms with Gasteiger partial charge in [-0.3, -0.25) is 0 Å². The van der Waals surface area contributed by atoms with Crippen LogP contribution in [0.2, 0.25) is 0 Å². The molecule has 110 valence electrons. The highest BCUT2D eigenvalue weighted by molar-refractivity contribution is 5.75. The van der Waals surface area contributed by atoms with Gasteiger partial charge < -0.3 is 9.69 Å².